The molecule has 1 fully saturated rings. The third kappa shape index (κ3) is 3.31. The molecule has 8 nitrogen and oxygen atoms in total. The Kier molecular flexibility index (Phi) is 4.53. The van der Waals surface area contributed by atoms with Crippen LogP contribution in [0.1, 0.15) is 11.4 Å². The van der Waals surface area contributed by atoms with Gasteiger partial charge < -0.3 is 10.1 Å². The number of ether oxygens (including phenoxy) is 1. The summed E-state index contributed by atoms with van der Waals surface area (Å²) in [7, 11) is -1.87. The van der Waals surface area contributed by atoms with Gasteiger partial charge in [-0.15, -0.1) is 4.83 Å². The molecular formula is C10H19N5O3S. The number of hydrazine groups is 1. The Hall–Kier alpha value is -1.00. The van der Waals surface area contributed by atoms with Gasteiger partial charge in [0, 0.05) is 19.6 Å². The van der Waals surface area contributed by atoms with Crippen LogP contribution >= 0.6 is 0 Å². The Morgan fingerprint density at radius 1 is 1.42 bits per heavy atom. The summed E-state index contributed by atoms with van der Waals surface area (Å²) in [6, 6.07) is 0. The first kappa shape index (κ1) is 14.4. The molecular weight excluding hydrogens is 270 g/mol. The number of rotatable bonds is 5. The molecule has 0 aromatic carbocycles. The van der Waals surface area contributed by atoms with Crippen LogP contribution in [0.4, 0.5) is 0 Å². The van der Waals surface area contributed by atoms with Crippen molar-refractivity contribution in [3.8, 4) is 0 Å². The Morgan fingerprint density at radius 2 is 2.11 bits per heavy atom. The van der Waals surface area contributed by atoms with Crippen LogP contribution < -0.4 is 10.1 Å². The molecule has 1 aliphatic heterocycles. The van der Waals surface area contributed by atoms with Crippen molar-refractivity contribution in [1.82, 2.24) is 25.4 Å². The van der Waals surface area contributed by atoms with Crippen molar-refractivity contribution in [1.29, 1.82) is 0 Å². The van der Waals surface area contributed by atoms with E-state index >= 15 is 0 Å². The third-order valence-electron chi connectivity index (χ3n) is 2.83. The van der Waals surface area contributed by atoms with Gasteiger partial charge in [-0.2, -0.15) is 5.10 Å². The number of nitrogens with one attached hydrogen (secondary N) is 3. The second-order valence-electron chi connectivity index (χ2n) is 4.35. The Labute approximate surface area is 112 Å². The van der Waals surface area contributed by atoms with E-state index < -0.39 is 10.0 Å². The van der Waals surface area contributed by atoms with Crippen LogP contribution in [-0.2, 0) is 21.3 Å². The van der Waals surface area contributed by atoms with Gasteiger partial charge in [0.15, 0.2) is 0 Å². The number of hydrogen-bond donors (Lipinski definition) is 3. The highest BCUT2D eigenvalue weighted by Gasteiger charge is 2.26. The molecule has 0 unspecified atom stereocenters. The summed E-state index contributed by atoms with van der Waals surface area (Å²) in [6.07, 6.45) is 0. The lowest BCUT2D eigenvalue weighted by atomic mass is 10.4. The van der Waals surface area contributed by atoms with Gasteiger partial charge in [-0.25, -0.2) is 13.4 Å². The zero-order valence-electron chi connectivity index (χ0n) is 11.1. The molecule has 0 saturated carbocycles. The Morgan fingerprint density at radius 3 is 2.74 bits per heavy atom. The summed E-state index contributed by atoms with van der Waals surface area (Å²) in [4.78, 5) is 2.79. The summed E-state index contributed by atoms with van der Waals surface area (Å²) in [5.41, 5.74) is 1.02. The van der Waals surface area contributed by atoms with E-state index in [0.29, 0.717) is 44.2 Å². The molecule has 0 aliphatic carbocycles. The van der Waals surface area contributed by atoms with Gasteiger partial charge in [-0.3, -0.25) is 5.10 Å². The molecule has 1 saturated heterocycles. The first-order chi connectivity index (χ1) is 9.04. The van der Waals surface area contributed by atoms with E-state index in [1.807, 2.05) is 0 Å². The maximum absolute atomic E-state index is 12.4. The number of morpholine rings is 1. The van der Waals surface area contributed by atoms with Gasteiger partial charge in [0.2, 0.25) is 0 Å². The van der Waals surface area contributed by atoms with Crippen LogP contribution in [0.15, 0.2) is 4.90 Å². The van der Waals surface area contributed by atoms with E-state index in [-0.39, 0.29) is 4.90 Å². The normalized spacial score (nSPS) is 17.8. The Bertz CT molecular complexity index is 521. The van der Waals surface area contributed by atoms with Crippen LogP contribution in [0.5, 0.6) is 0 Å². The topological polar surface area (TPSA) is 99.3 Å². The first-order valence-electron chi connectivity index (χ1n) is 6.08. The van der Waals surface area contributed by atoms with Gasteiger partial charge >= 0.3 is 0 Å². The minimum atomic E-state index is -3.61. The van der Waals surface area contributed by atoms with Crippen molar-refractivity contribution < 1.29 is 13.2 Å². The average Bonchev–Trinajstić information content (AvgIpc) is 2.72. The fourth-order valence-electron chi connectivity index (χ4n) is 1.98. The standard InChI is InChI=1S/C10H19N5O3S/c1-8-10(9(7-11-2)13-12-8)19(16,17)14-15-3-5-18-6-4-15/h11,14H,3-7H2,1-2H3,(H,12,13). The summed E-state index contributed by atoms with van der Waals surface area (Å²) >= 11 is 0. The molecule has 1 aromatic heterocycles. The van der Waals surface area contributed by atoms with Gasteiger partial charge in [-0.05, 0) is 14.0 Å². The lowest BCUT2D eigenvalue weighted by molar-refractivity contribution is 0.0272. The van der Waals surface area contributed by atoms with Gasteiger partial charge in [0.25, 0.3) is 10.0 Å². The van der Waals surface area contributed by atoms with Gasteiger partial charge in [0.1, 0.15) is 4.90 Å². The maximum atomic E-state index is 12.4. The smallest absolute Gasteiger partial charge is 0.257 e. The zero-order valence-corrected chi connectivity index (χ0v) is 11.9. The monoisotopic (exact) mass is 289 g/mol. The highest BCUT2D eigenvalue weighted by Crippen LogP contribution is 2.17. The second-order valence-corrected chi connectivity index (χ2v) is 5.95. The number of sulfonamides is 1. The SMILES string of the molecule is CNCc1n[nH]c(C)c1S(=O)(=O)NN1CCOCC1. The Balaban J connectivity index is 2.20. The number of hydrogen-bond acceptors (Lipinski definition) is 6. The quantitative estimate of drug-likeness (QED) is 0.640. The highest BCUT2D eigenvalue weighted by atomic mass is 32.2. The molecule has 3 N–H and O–H groups in total. The number of aryl methyl sites for hydroxylation is 1. The summed E-state index contributed by atoms with van der Waals surface area (Å²) in [6.45, 7) is 4.21. The van der Waals surface area contributed by atoms with Crippen LogP contribution in [0, 0.1) is 6.92 Å². The molecule has 0 radical (unpaired) electrons. The number of aromatic amines is 1. The van der Waals surface area contributed by atoms with Crippen molar-refractivity contribution in [2.75, 3.05) is 33.4 Å². The highest BCUT2D eigenvalue weighted by molar-refractivity contribution is 7.89. The average molecular weight is 289 g/mol. The van der Waals surface area contributed by atoms with E-state index in [4.69, 9.17) is 4.74 Å². The predicted molar refractivity (Wildman–Crippen MR) is 68.8 cm³/mol. The minimum absolute atomic E-state index is 0.216. The maximum Gasteiger partial charge on any atom is 0.257 e. The first-order valence-corrected chi connectivity index (χ1v) is 7.56. The van der Waals surface area contributed by atoms with Crippen molar-refractivity contribution in [2.45, 2.75) is 18.4 Å². The van der Waals surface area contributed by atoms with E-state index in [9.17, 15) is 8.42 Å². The number of nitrogens with zero attached hydrogens (tertiary/aromatic N) is 2. The van der Waals surface area contributed by atoms with Crippen molar-refractivity contribution in [3.05, 3.63) is 11.4 Å². The lowest BCUT2D eigenvalue weighted by Gasteiger charge is -2.26. The fourth-order valence-corrected chi connectivity index (χ4v) is 3.47. The molecule has 19 heavy (non-hydrogen) atoms. The molecule has 9 heteroatoms. The van der Waals surface area contributed by atoms with Gasteiger partial charge in [-0.1, -0.05) is 0 Å². The van der Waals surface area contributed by atoms with E-state index in [0.717, 1.165) is 0 Å². The molecule has 0 bridgehead atoms. The summed E-state index contributed by atoms with van der Waals surface area (Å²) < 4.78 is 30.0. The number of aromatic nitrogens is 2. The molecule has 2 rings (SSSR count). The second kappa shape index (κ2) is 5.97. The molecule has 2 heterocycles. The molecule has 0 amide bonds. The number of H-pyrrole nitrogens is 1. The van der Waals surface area contributed by atoms with E-state index in [1.54, 1.807) is 19.0 Å². The van der Waals surface area contributed by atoms with Crippen LogP contribution in [0.2, 0.25) is 0 Å². The van der Waals surface area contributed by atoms with Crippen molar-refractivity contribution >= 4 is 10.0 Å². The van der Waals surface area contributed by atoms with E-state index in [2.05, 4.69) is 20.3 Å². The van der Waals surface area contributed by atoms with Gasteiger partial charge in [0.05, 0.1) is 24.6 Å². The lowest BCUT2D eigenvalue weighted by Crippen LogP contribution is -2.48. The third-order valence-corrected chi connectivity index (χ3v) is 4.41. The largest absolute Gasteiger partial charge is 0.379 e. The van der Waals surface area contributed by atoms with E-state index in [1.165, 1.54) is 0 Å². The molecule has 0 atom stereocenters. The zero-order chi connectivity index (χ0) is 13.9. The van der Waals surface area contributed by atoms with Crippen molar-refractivity contribution in [2.24, 2.45) is 0 Å². The molecule has 1 aliphatic rings. The summed E-state index contributed by atoms with van der Waals surface area (Å²) in [5, 5.41) is 11.3. The van der Waals surface area contributed by atoms with Crippen molar-refractivity contribution in [3.63, 3.8) is 0 Å². The van der Waals surface area contributed by atoms with Crippen LogP contribution in [0.25, 0.3) is 0 Å². The minimum Gasteiger partial charge on any atom is -0.379 e. The van der Waals surface area contributed by atoms with Crippen LogP contribution in [-0.4, -0.2) is 57.0 Å². The fraction of sp³-hybridized carbons (Fsp3) is 0.700. The molecule has 1 aromatic rings. The molecule has 108 valence electrons. The predicted octanol–water partition coefficient (Wildman–Crippen LogP) is -1.04. The van der Waals surface area contributed by atoms with Crippen LogP contribution in [0.3, 0.4) is 0 Å². The summed E-state index contributed by atoms with van der Waals surface area (Å²) in [5.74, 6) is 0. The molecule has 0 spiro atoms.